The van der Waals surface area contributed by atoms with Crippen molar-refractivity contribution in [3.8, 4) is 22.6 Å². The number of nitrogens with zero attached hydrogens (tertiary/aromatic N) is 8. The number of nitrogens with one attached hydrogen (secondary N) is 2. The number of rotatable bonds is 9. The van der Waals surface area contributed by atoms with E-state index in [0.717, 1.165) is 45.4 Å². The maximum absolute atomic E-state index is 14.7. The average molecular weight is 919 g/mol. The van der Waals surface area contributed by atoms with Gasteiger partial charge in [0.15, 0.2) is 0 Å². The Morgan fingerprint density at radius 2 is 1.90 bits per heavy atom. The second-order valence-corrected chi connectivity index (χ2v) is 19.9. The molecule has 0 saturated carbocycles. The molecule has 17 nitrogen and oxygen atoms in total. The molecule has 4 aliphatic heterocycles. The average Bonchev–Trinajstić information content (AvgIpc) is 3.80. The van der Waals surface area contributed by atoms with Crippen LogP contribution in [0.15, 0.2) is 55.4 Å². The van der Waals surface area contributed by atoms with Gasteiger partial charge >= 0.3 is 12.0 Å². The van der Waals surface area contributed by atoms with E-state index in [2.05, 4.69) is 66.9 Å². The van der Waals surface area contributed by atoms with Crippen LogP contribution >= 0.6 is 0 Å². The Bertz CT molecular complexity index is 2590. The number of hydrazine groups is 1. The second kappa shape index (κ2) is 18.5. The third kappa shape index (κ3) is 8.83. The number of carbonyl (C=O) groups excluding carboxylic acids is 5. The molecule has 7 heterocycles. The molecule has 4 aromatic rings. The van der Waals surface area contributed by atoms with Gasteiger partial charge in [-0.05, 0) is 87.4 Å². The molecule has 5 amide bonds. The Morgan fingerprint density at radius 3 is 2.57 bits per heavy atom. The molecule has 67 heavy (non-hydrogen) atoms. The lowest BCUT2D eigenvalue weighted by atomic mass is 9.77. The molecule has 6 bridgehead atoms. The molecule has 1 spiro atoms. The summed E-state index contributed by atoms with van der Waals surface area (Å²) in [6.07, 6.45) is 7.03. The molecule has 3 saturated heterocycles. The molecule has 0 radical (unpaired) electrons. The van der Waals surface area contributed by atoms with Crippen LogP contribution in [0.2, 0.25) is 0 Å². The first kappa shape index (κ1) is 47.4. The monoisotopic (exact) mass is 919 g/mol. The van der Waals surface area contributed by atoms with Gasteiger partial charge in [-0.3, -0.25) is 29.2 Å². The van der Waals surface area contributed by atoms with E-state index in [1.807, 2.05) is 44.6 Å². The molecule has 0 unspecified atom stereocenters. The van der Waals surface area contributed by atoms with Crippen LogP contribution in [0.25, 0.3) is 33.5 Å². The Morgan fingerprint density at radius 1 is 1.13 bits per heavy atom. The minimum absolute atomic E-state index is 0.0378. The number of likely N-dealkylation sites (N-methyl/N-ethyl adjacent to an activating group) is 1. The fourth-order valence-corrected chi connectivity index (χ4v) is 10.5. The lowest BCUT2D eigenvalue weighted by Crippen LogP contribution is -2.79. The lowest BCUT2D eigenvalue weighted by molar-refractivity contribution is -0.155. The SMILES string of the molecule is C=CC(=O)N1CC2(CCN2C(=O)N(C)[C@H](C(=O)N[C@H]2Cc3cn(C)c(n3)-c3ccc4c(c3)c(c(-c3cccnc3[C@H](C)OC)n4CC)CC(C)(C)COC(=O)[C@@H]3CCCN(N3)C2=O)C(C)C)C1. The van der Waals surface area contributed by atoms with Crippen molar-refractivity contribution in [3.63, 3.8) is 0 Å². The number of aryl methyl sites for hydroxylation is 2. The number of hydrogen-bond acceptors (Lipinski definition) is 10. The van der Waals surface area contributed by atoms with Crippen LogP contribution in [0.4, 0.5) is 4.79 Å². The highest BCUT2D eigenvalue weighted by atomic mass is 16.5. The van der Waals surface area contributed by atoms with Gasteiger partial charge in [0.05, 0.1) is 35.3 Å². The predicted octanol–water partition coefficient (Wildman–Crippen LogP) is 5.03. The van der Waals surface area contributed by atoms with Gasteiger partial charge in [0.1, 0.15) is 23.9 Å². The van der Waals surface area contributed by atoms with Gasteiger partial charge in [-0.15, -0.1) is 0 Å². The summed E-state index contributed by atoms with van der Waals surface area (Å²) >= 11 is 0. The number of pyridine rings is 1. The van der Waals surface area contributed by atoms with E-state index in [4.69, 9.17) is 19.4 Å². The Balaban J connectivity index is 1.16. The third-order valence-electron chi connectivity index (χ3n) is 14.2. The smallest absolute Gasteiger partial charge is 0.324 e. The van der Waals surface area contributed by atoms with Gasteiger partial charge < -0.3 is 38.6 Å². The maximum atomic E-state index is 14.7. The van der Waals surface area contributed by atoms with E-state index in [1.54, 1.807) is 30.2 Å². The molecule has 17 heteroatoms. The van der Waals surface area contributed by atoms with Crippen molar-refractivity contribution < 1.29 is 33.4 Å². The van der Waals surface area contributed by atoms with Crippen molar-refractivity contribution in [2.45, 2.75) is 110 Å². The van der Waals surface area contributed by atoms with E-state index in [9.17, 15) is 24.0 Å². The summed E-state index contributed by atoms with van der Waals surface area (Å²) in [4.78, 5) is 84.4. The zero-order valence-corrected chi connectivity index (χ0v) is 40.4. The van der Waals surface area contributed by atoms with Crippen molar-refractivity contribution in [1.29, 1.82) is 0 Å². The quantitative estimate of drug-likeness (QED) is 0.171. The van der Waals surface area contributed by atoms with Gasteiger partial charge in [-0.25, -0.2) is 15.2 Å². The summed E-state index contributed by atoms with van der Waals surface area (Å²) < 4.78 is 16.2. The Labute approximate surface area is 392 Å². The van der Waals surface area contributed by atoms with Crippen molar-refractivity contribution >= 4 is 40.6 Å². The summed E-state index contributed by atoms with van der Waals surface area (Å²) in [7, 11) is 5.21. The fraction of sp³-hybridized carbons (Fsp3) is 0.540. The highest BCUT2D eigenvalue weighted by Crippen LogP contribution is 2.43. The summed E-state index contributed by atoms with van der Waals surface area (Å²) in [6.45, 7) is 18.1. The van der Waals surface area contributed by atoms with Gasteiger partial charge in [-0.1, -0.05) is 34.3 Å². The molecule has 4 aliphatic rings. The lowest BCUT2D eigenvalue weighted by Gasteiger charge is -2.62. The number of fused-ring (bicyclic) bond motifs is 6. The number of carbonyl (C=O) groups is 5. The van der Waals surface area contributed by atoms with Crippen molar-refractivity contribution in [2.24, 2.45) is 18.4 Å². The number of aromatic nitrogens is 4. The van der Waals surface area contributed by atoms with Crippen LogP contribution in [-0.2, 0) is 55.1 Å². The number of esters is 1. The first-order valence-electron chi connectivity index (χ1n) is 23.6. The minimum Gasteiger partial charge on any atom is -0.464 e. The Hall–Kier alpha value is -6.07. The number of hydrogen-bond donors (Lipinski definition) is 2. The van der Waals surface area contributed by atoms with Crippen LogP contribution in [0.1, 0.15) is 83.9 Å². The number of methoxy groups -OCH3 is 1. The van der Waals surface area contributed by atoms with Crippen molar-refractivity contribution in [1.82, 2.24) is 49.6 Å². The summed E-state index contributed by atoms with van der Waals surface area (Å²) in [5.41, 5.74) is 8.55. The maximum Gasteiger partial charge on any atom is 0.324 e. The molecule has 2 N–H and O–H groups in total. The van der Waals surface area contributed by atoms with Crippen molar-refractivity contribution in [3.05, 3.63) is 72.3 Å². The third-order valence-corrected chi connectivity index (χ3v) is 14.2. The normalized spacial score (nSPS) is 21.3. The highest BCUT2D eigenvalue weighted by Gasteiger charge is 2.57. The van der Waals surface area contributed by atoms with E-state index in [1.165, 1.54) is 16.0 Å². The van der Waals surface area contributed by atoms with Gasteiger partial charge in [0, 0.05) is 100 Å². The molecule has 358 valence electrons. The molecule has 3 aromatic heterocycles. The first-order chi connectivity index (χ1) is 31.9. The van der Waals surface area contributed by atoms with Crippen molar-refractivity contribution in [2.75, 3.05) is 46.9 Å². The molecule has 4 atom stereocenters. The molecule has 3 fully saturated rings. The van der Waals surface area contributed by atoms with Gasteiger partial charge in [0.25, 0.3) is 5.91 Å². The van der Waals surface area contributed by atoms with E-state index in [0.29, 0.717) is 63.5 Å². The summed E-state index contributed by atoms with van der Waals surface area (Å²) in [5, 5.41) is 5.49. The number of amides is 5. The zero-order chi connectivity index (χ0) is 48.1. The summed E-state index contributed by atoms with van der Waals surface area (Å²) in [5.74, 6) is -1.20. The fourth-order valence-electron chi connectivity index (χ4n) is 10.5. The Kier molecular flexibility index (Phi) is 13.1. The largest absolute Gasteiger partial charge is 0.464 e. The van der Waals surface area contributed by atoms with Gasteiger partial charge in [0.2, 0.25) is 11.8 Å². The van der Waals surface area contributed by atoms with Crippen LogP contribution in [-0.4, -0.2) is 139 Å². The second-order valence-electron chi connectivity index (χ2n) is 19.9. The number of imidazole rings is 1. The zero-order valence-electron chi connectivity index (χ0n) is 40.4. The molecule has 1 aromatic carbocycles. The van der Waals surface area contributed by atoms with Gasteiger partial charge in [-0.2, -0.15) is 0 Å². The minimum atomic E-state index is -1.11. The molecule has 8 rings (SSSR count). The summed E-state index contributed by atoms with van der Waals surface area (Å²) in [6, 6.07) is 7.23. The predicted molar refractivity (Wildman–Crippen MR) is 253 cm³/mol. The first-order valence-corrected chi connectivity index (χ1v) is 23.6. The number of cyclic esters (lactones) is 1. The molecule has 0 aliphatic carbocycles. The van der Waals surface area contributed by atoms with Crippen LogP contribution in [0.3, 0.4) is 0 Å². The number of urea groups is 1. The highest BCUT2D eigenvalue weighted by molar-refractivity contribution is 5.96. The van der Waals surface area contributed by atoms with Crippen LogP contribution < -0.4 is 10.7 Å². The van der Waals surface area contributed by atoms with E-state index < -0.39 is 46.9 Å². The van der Waals surface area contributed by atoms with E-state index >= 15 is 0 Å². The molecular weight excluding hydrogens is 853 g/mol. The number of benzene rings is 1. The molecular formula is C50H66N10O7. The number of likely N-dealkylation sites (tertiary alicyclic amines) is 2. The standard InChI is InChI=1S/C50H66N10O7/c1-11-40(61)57-27-50(28-57)19-22-59(50)48(65)56(9)42(30(3)4)45(62)53-38-24-33-26-55(8)44(52-33)32-17-18-39-35(23-32)36(43(58(39)12-2)34-15-13-20-51-41(34)31(5)66-10)25-49(6,7)29-67-47(64)37-16-14-21-60(54-37)46(38)63/h11,13,15,17-18,20,23,26,30-31,37-38,42,54H,1,12,14,16,19,21-22,24-25,27-29H2,2-10H3,(H,53,62)/t31-,37-,38-,42-/m0/s1. The van der Waals surface area contributed by atoms with Crippen LogP contribution in [0.5, 0.6) is 0 Å². The van der Waals surface area contributed by atoms with Crippen LogP contribution in [0, 0.1) is 11.3 Å². The number of ether oxygens (including phenoxy) is 2. The topological polar surface area (TPSA) is 176 Å². The van der Waals surface area contributed by atoms with E-state index in [-0.39, 0.29) is 37.0 Å².